The lowest BCUT2D eigenvalue weighted by Gasteiger charge is -2.11. The molecule has 30 heavy (non-hydrogen) atoms. The van der Waals surface area contributed by atoms with Gasteiger partial charge < -0.3 is 9.30 Å². The smallest absolute Gasteiger partial charge is 0.338 e. The predicted octanol–water partition coefficient (Wildman–Crippen LogP) is 5.59. The number of nitrogens with zero attached hydrogens (tertiary/aromatic N) is 2. The number of hydrogen-bond donors (Lipinski definition) is 0. The number of carbonyl (C=O) groups is 1. The Morgan fingerprint density at radius 2 is 1.63 bits per heavy atom. The number of aryl methyl sites for hydroxylation is 1. The Balaban J connectivity index is 1.78. The number of carbonyl (C=O) groups excluding carboxylic acids is 1. The summed E-state index contributed by atoms with van der Waals surface area (Å²) in [5, 5.41) is 12.0. The SMILES string of the molecule is CCn1c(-c2ccc([N+](=O)[O-])cc2)c(COC(=O)c2ccccc2)c2ccccc21. The summed E-state index contributed by atoms with van der Waals surface area (Å²) in [5.74, 6) is -0.390. The fourth-order valence-corrected chi connectivity index (χ4v) is 3.72. The van der Waals surface area contributed by atoms with Crippen LogP contribution in [0.15, 0.2) is 78.9 Å². The van der Waals surface area contributed by atoms with Crippen LogP contribution in [0.1, 0.15) is 22.8 Å². The number of fused-ring (bicyclic) bond motifs is 1. The highest BCUT2D eigenvalue weighted by Crippen LogP contribution is 2.35. The van der Waals surface area contributed by atoms with Gasteiger partial charge in [-0.15, -0.1) is 0 Å². The molecule has 0 spiro atoms. The van der Waals surface area contributed by atoms with Crippen molar-refractivity contribution < 1.29 is 14.5 Å². The second-order valence-corrected chi connectivity index (χ2v) is 6.83. The molecular weight excluding hydrogens is 380 g/mol. The lowest BCUT2D eigenvalue weighted by molar-refractivity contribution is -0.384. The minimum atomic E-state index is -0.415. The minimum Gasteiger partial charge on any atom is -0.457 e. The molecule has 6 nitrogen and oxygen atoms in total. The first kappa shape index (κ1) is 19.4. The maximum Gasteiger partial charge on any atom is 0.338 e. The molecule has 4 aromatic rings. The molecular formula is C24H20N2O4. The van der Waals surface area contributed by atoms with Gasteiger partial charge >= 0.3 is 5.97 Å². The number of esters is 1. The maximum atomic E-state index is 12.5. The summed E-state index contributed by atoms with van der Waals surface area (Å²) in [4.78, 5) is 23.1. The Kier molecular flexibility index (Phi) is 5.30. The number of non-ortho nitro benzene ring substituents is 1. The molecule has 1 aromatic heterocycles. The summed E-state index contributed by atoms with van der Waals surface area (Å²) in [6.07, 6.45) is 0. The minimum absolute atomic E-state index is 0.0370. The first-order valence-corrected chi connectivity index (χ1v) is 9.67. The molecule has 0 fully saturated rings. The van der Waals surface area contributed by atoms with E-state index in [1.807, 2.05) is 37.3 Å². The second-order valence-electron chi connectivity index (χ2n) is 6.83. The van der Waals surface area contributed by atoms with E-state index >= 15 is 0 Å². The van der Waals surface area contributed by atoms with Gasteiger partial charge in [-0.3, -0.25) is 10.1 Å². The zero-order valence-corrected chi connectivity index (χ0v) is 16.4. The fourth-order valence-electron chi connectivity index (χ4n) is 3.72. The van der Waals surface area contributed by atoms with E-state index in [-0.39, 0.29) is 12.3 Å². The molecule has 6 heteroatoms. The molecule has 3 aromatic carbocycles. The van der Waals surface area contributed by atoms with Gasteiger partial charge in [0.2, 0.25) is 0 Å². The van der Waals surface area contributed by atoms with Gasteiger partial charge in [-0.1, -0.05) is 36.4 Å². The molecule has 0 aliphatic rings. The molecule has 0 N–H and O–H groups in total. The summed E-state index contributed by atoms with van der Waals surface area (Å²) >= 11 is 0. The first-order chi connectivity index (χ1) is 14.6. The van der Waals surface area contributed by atoms with Crippen LogP contribution >= 0.6 is 0 Å². The molecule has 0 atom stereocenters. The van der Waals surface area contributed by atoms with Crippen molar-refractivity contribution in [2.45, 2.75) is 20.1 Å². The van der Waals surface area contributed by atoms with E-state index in [1.165, 1.54) is 12.1 Å². The molecule has 0 bridgehead atoms. The number of para-hydroxylation sites is 1. The molecule has 0 aliphatic carbocycles. The molecule has 0 saturated heterocycles. The van der Waals surface area contributed by atoms with Crippen LogP contribution in [0.2, 0.25) is 0 Å². The van der Waals surface area contributed by atoms with Crippen LogP contribution < -0.4 is 0 Å². The normalized spacial score (nSPS) is 10.8. The van der Waals surface area contributed by atoms with E-state index in [1.54, 1.807) is 36.4 Å². The zero-order valence-electron chi connectivity index (χ0n) is 16.4. The van der Waals surface area contributed by atoms with E-state index in [2.05, 4.69) is 4.57 Å². The van der Waals surface area contributed by atoms with Gasteiger partial charge in [-0.05, 0) is 42.8 Å². The zero-order chi connectivity index (χ0) is 21.1. The number of hydrogen-bond acceptors (Lipinski definition) is 4. The Labute approximate surface area is 173 Å². The van der Waals surface area contributed by atoms with Crippen molar-refractivity contribution in [2.75, 3.05) is 0 Å². The molecule has 0 amide bonds. The van der Waals surface area contributed by atoms with E-state index in [0.717, 1.165) is 27.7 Å². The summed E-state index contributed by atoms with van der Waals surface area (Å²) in [7, 11) is 0. The highest BCUT2D eigenvalue weighted by atomic mass is 16.6. The number of nitro benzene ring substituents is 1. The van der Waals surface area contributed by atoms with Gasteiger partial charge in [0.05, 0.1) is 16.2 Å². The Bertz CT molecular complexity index is 1210. The standard InChI is InChI=1S/C24H20N2O4/c1-2-25-22-11-7-6-10-20(22)21(16-30-24(27)18-8-4-3-5-9-18)23(25)17-12-14-19(15-13-17)26(28)29/h3-15H,2,16H2,1H3. The van der Waals surface area contributed by atoms with Gasteiger partial charge in [0.25, 0.3) is 5.69 Å². The third-order valence-electron chi connectivity index (χ3n) is 5.10. The monoisotopic (exact) mass is 400 g/mol. The van der Waals surface area contributed by atoms with E-state index in [0.29, 0.717) is 12.1 Å². The van der Waals surface area contributed by atoms with Crippen LogP contribution in [-0.4, -0.2) is 15.5 Å². The average molecular weight is 400 g/mol. The number of nitro groups is 1. The number of aromatic nitrogens is 1. The highest BCUT2D eigenvalue weighted by molar-refractivity contribution is 5.93. The third kappa shape index (κ3) is 3.55. The number of rotatable bonds is 6. The fraction of sp³-hybridized carbons (Fsp3) is 0.125. The summed E-state index contributed by atoms with van der Waals surface area (Å²) in [6.45, 7) is 2.86. The molecule has 0 unspecified atom stereocenters. The lowest BCUT2D eigenvalue weighted by Crippen LogP contribution is -2.06. The van der Waals surface area contributed by atoms with Gasteiger partial charge in [0, 0.05) is 35.1 Å². The van der Waals surface area contributed by atoms with Crippen LogP contribution in [-0.2, 0) is 17.9 Å². The molecule has 0 radical (unpaired) electrons. The quantitative estimate of drug-likeness (QED) is 0.240. The molecule has 150 valence electrons. The predicted molar refractivity (Wildman–Crippen MR) is 115 cm³/mol. The van der Waals surface area contributed by atoms with Crippen LogP contribution in [0.25, 0.3) is 22.2 Å². The molecule has 0 aliphatic heterocycles. The van der Waals surface area contributed by atoms with Gasteiger partial charge in [-0.2, -0.15) is 0 Å². The Hall–Kier alpha value is -3.93. The first-order valence-electron chi connectivity index (χ1n) is 9.67. The lowest BCUT2D eigenvalue weighted by atomic mass is 10.1. The van der Waals surface area contributed by atoms with Crippen molar-refractivity contribution in [2.24, 2.45) is 0 Å². The van der Waals surface area contributed by atoms with Gasteiger partial charge in [0.1, 0.15) is 6.61 Å². The van der Waals surface area contributed by atoms with Crippen molar-refractivity contribution in [3.05, 3.63) is 100 Å². The van der Waals surface area contributed by atoms with E-state index < -0.39 is 10.9 Å². The van der Waals surface area contributed by atoms with Crippen LogP contribution in [0.4, 0.5) is 5.69 Å². The second kappa shape index (κ2) is 8.21. The van der Waals surface area contributed by atoms with Crippen molar-refractivity contribution in [1.29, 1.82) is 0 Å². The highest BCUT2D eigenvalue weighted by Gasteiger charge is 2.20. The topological polar surface area (TPSA) is 74.4 Å². The van der Waals surface area contributed by atoms with Crippen LogP contribution in [0.5, 0.6) is 0 Å². The number of benzene rings is 3. The molecule has 4 rings (SSSR count). The number of ether oxygens (including phenoxy) is 1. The van der Waals surface area contributed by atoms with Gasteiger partial charge in [0.15, 0.2) is 0 Å². The largest absolute Gasteiger partial charge is 0.457 e. The third-order valence-corrected chi connectivity index (χ3v) is 5.10. The van der Waals surface area contributed by atoms with E-state index in [4.69, 9.17) is 4.74 Å². The van der Waals surface area contributed by atoms with Crippen molar-refractivity contribution >= 4 is 22.6 Å². The maximum absolute atomic E-state index is 12.5. The van der Waals surface area contributed by atoms with Crippen molar-refractivity contribution in [1.82, 2.24) is 4.57 Å². The summed E-state index contributed by atoms with van der Waals surface area (Å²) < 4.78 is 7.78. The Morgan fingerprint density at radius 3 is 2.30 bits per heavy atom. The average Bonchev–Trinajstić information content (AvgIpc) is 3.11. The van der Waals surface area contributed by atoms with Crippen LogP contribution in [0, 0.1) is 10.1 Å². The van der Waals surface area contributed by atoms with Gasteiger partial charge in [-0.25, -0.2) is 4.79 Å². The Morgan fingerprint density at radius 1 is 0.967 bits per heavy atom. The molecule has 1 heterocycles. The van der Waals surface area contributed by atoms with Crippen LogP contribution in [0.3, 0.4) is 0 Å². The van der Waals surface area contributed by atoms with Crippen molar-refractivity contribution in [3.8, 4) is 11.3 Å². The van der Waals surface area contributed by atoms with Crippen molar-refractivity contribution in [3.63, 3.8) is 0 Å². The summed E-state index contributed by atoms with van der Waals surface area (Å²) in [6, 6.07) is 23.3. The summed E-state index contributed by atoms with van der Waals surface area (Å²) in [5.41, 5.74) is 4.17. The van der Waals surface area contributed by atoms with E-state index in [9.17, 15) is 14.9 Å². The molecule has 0 saturated carbocycles.